The molecule has 1 aliphatic carbocycles. The maximum absolute atomic E-state index is 13.8. The summed E-state index contributed by atoms with van der Waals surface area (Å²) in [4.78, 5) is 44.5. The maximum Gasteiger partial charge on any atom is 0.256 e. The molecule has 2 atom stereocenters. The fraction of sp³-hybridized carbons (Fsp3) is 0.618. The molecular formula is C34H48N4O4. The van der Waals surface area contributed by atoms with Gasteiger partial charge in [0.15, 0.2) is 0 Å². The number of aromatic nitrogens is 1. The van der Waals surface area contributed by atoms with Gasteiger partial charge in [-0.1, -0.05) is 83.2 Å². The van der Waals surface area contributed by atoms with Crippen molar-refractivity contribution in [1.82, 2.24) is 19.7 Å². The SMILES string of the molecule is CC(CC1CCCCC1)C(=O)N1CCC(O)(Cn2cc(C(=O)N3CCNCC3)c(-c3ccccc3)cc2=O)C(C)(C)C1. The topological polar surface area (TPSA) is 94.9 Å². The number of carbonyl (C=O) groups is 2. The minimum Gasteiger partial charge on any atom is -0.387 e. The second-order valence-electron chi connectivity index (χ2n) is 13.5. The first-order valence-corrected chi connectivity index (χ1v) is 15.9. The summed E-state index contributed by atoms with van der Waals surface area (Å²) in [6.45, 7) is 9.63. The van der Waals surface area contributed by atoms with Gasteiger partial charge in [0, 0.05) is 68.4 Å². The van der Waals surface area contributed by atoms with E-state index in [1.54, 1.807) is 6.20 Å². The molecule has 2 unspecified atom stereocenters. The van der Waals surface area contributed by atoms with Crippen LogP contribution in [0.1, 0.15) is 76.1 Å². The standard InChI is InChI=1S/C34H48N4O4/c1-25(20-26-10-6-4-7-11-26)31(40)37-17-14-34(42,33(2,3)23-37)24-38-22-29(32(41)36-18-15-35-16-19-36)28(21-30(38)39)27-12-8-5-9-13-27/h5,8-9,12-13,21-22,25-26,35,42H,4,6-7,10-11,14-20,23-24H2,1-3H3. The van der Waals surface area contributed by atoms with Crippen molar-refractivity contribution in [1.29, 1.82) is 0 Å². The van der Waals surface area contributed by atoms with Gasteiger partial charge in [0.1, 0.15) is 0 Å². The van der Waals surface area contributed by atoms with Crippen molar-refractivity contribution in [2.45, 2.75) is 77.9 Å². The number of hydrogen-bond acceptors (Lipinski definition) is 5. The molecular weight excluding hydrogens is 528 g/mol. The van der Waals surface area contributed by atoms with Crippen molar-refractivity contribution >= 4 is 11.8 Å². The van der Waals surface area contributed by atoms with Crippen LogP contribution in [0, 0.1) is 17.3 Å². The number of benzene rings is 1. The third kappa shape index (κ3) is 6.50. The average Bonchev–Trinajstić information content (AvgIpc) is 3.00. The van der Waals surface area contributed by atoms with Gasteiger partial charge in [0.25, 0.3) is 11.5 Å². The number of likely N-dealkylation sites (tertiary alicyclic amines) is 1. The van der Waals surface area contributed by atoms with E-state index in [-0.39, 0.29) is 29.8 Å². The first kappa shape index (κ1) is 30.5. The Morgan fingerprint density at radius 1 is 1.02 bits per heavy atom. The van der Waals surface area contributed by atoms with Crippen molar-refractivity contribution < 1.29 is 14.7 Å². The molecule has 42 heavy (non-hydrogen) atoms. The molecule has 228 valence electrons. The van der Waals surface area contributed by atoms with Crippen LogP contribution in [-0.2, 0) is 11.3 Å². The van der Waals surface area contributed by atoms with E-state index < -0.39 is 11.0 Å². The van der Waals surface area contributed by atoms with E-state index in [1.165, 1.54) is 42.7 Å². The summed E-state index contributed by atoms with van der Waals surface area (Å²) in [5.74, 6) is 0.671. The van der Waals surface area contributed by atoms with Crippen molar-refractivity contribution in [2.75, 3.05) is 39.3 Å². The van der Waals surface area contributed by atoms with Crippen LogP contribution in [0.4, 0.5) is 0 Å². The van der Waals surface area contributed by atoms with Crippen LogP contribution in [-0.4, -0.2) is 76.2 Å². The second-order valence-corrected chi connectivity index (χ2v) is 13.5. The fourth-order valence-electron chi connectivity index (χ4n) is 7.22. The zero-order valence-corrected chi connectivity index (χ0v) is 25.6. The molecule has 1 saturated carbocycles. The molecule has 2 saturated heterocycles. The van der Waals surface area contributed by atoms with Crippen LogP contribution in [0.5, 0.6) is 0 Å². The lowest BCUT2D eigenvalue weighted by atomic mass is 9.69. The van der Waals surface area contributed by atoms with Gasteiger partial charge in [-0.15, -0.1) is 0 Å². The van der Waals surface area contributed by atoms with Crippen molar-refractivity contribution in [3.8, 4) is 11.1 Å². The number of hydrogen-bond donors (Lipinski definition) is 2. The summed E-state index contributed by atoms with van der Waals surface area (Å²) < 4.78 is 1.51. The molecule has 8 nitrogen and oxygen atoms in total. The van der Waals surface area contributed by atoms with Gasteiger partial charge in [0.05, 0.1) is 17.7 Å². The number of nitrogens with one attached hydrogen (secondary N) is 1. The molecule has 8 heteroatoms. The predicted octanol–water partition coefficient (Wildman–Crippen LogP) is 4.16. The minimum atomic E-state index is -1.22. The summed E-state index contributed by atoms with van der Waals surface area (Å²) >= 11 is 0. The zero-order valence-electron chi connectivity index (χ0n) is 25.6. The van der Waals surface area contributed by atoms with Gasteiger partial charge in [-0.25, -0.2) is 0 Å². The summed E-state index contributed by atoms with van der Waals surface area (Å²) in [5.41, 5.74) is -0.231. The van der Waals surface area contributed by atoms with E-state index in [1.807, 2.05) is 54.0 Å². The Labute approximate surface area is 250 Å². The molecule has 2 amide bonds. The Morgan fingerprint density at radius 2 is 1.71 bits per heavy atom. The van der Waals surface area contributed by atoms with Gasteiger partial charge < -0.3 is 24.8 Å². The van der Waals surface area contributed by atoms with Gasteiger partial charge in [0.2, 0.25) is 5.91 Å². The molecule has 3 fully saturated rings. The molecule has 0 bridgehead atoms. The monoisotopic (exact) mass is 576 g/mol. The van der Waals surface area contributed by atoms with Crippen LogP contribution < -0.4 is 10.9 Å². The van der Waals surface area contributed by atoms with Gasteiger partial charge >= 0.3 is 0 Å². The predicted molar refractivity (Wildman–Crippen MR) is 165 cm³/mol. The molecule has 2 aliphatic heterocycles. The maximum atomic E-state index is 13.8. The van der Waals surface area contributed by atoms with Crippen molar-refractivity contribution in [2.24, 2.45) is 17.3 Å². The van der Waals surface area contributed by atoms with E-state index in [9.17, 15) is 19.5 Å². The number of piperidine rings is 1. The molecule has 0 radical (unpaired) electrons. The Balaban J connectivity index is 1.36. The highest BCUT2D eigenvalue weighted by Gasteiger charge is 2.49. The Kier molecular flexibility index (Phi) is 9.23. The number of aliphatic hydroxyl groups is 1. The highest BCUT2D eigenvalue weighted by molar-refractivity contribution is 6.00. The molecule has 3 aliphatic rings. The van der Waals surface area contributed by atoms with Crippen LogP contribution in [0.25, 0.3) is 11.1 Å². The lowest BCUT2D eigenvalue weighted by Gasteiger charge is -2.51. The lowest BCUT2D eigenvalue weighted by Crippen LogP contribution is -2.61. The van der Waals surface area contributed by atoms with E-state index in [0.717, 1.165) is 25.1 Å². The van der Waals surface area contributed by atoms with E-state index in [2.05, 4.69) is 12.2 Å². The van der Waals surface area contributed by atoms with Gasteiger partial charge in [-0.2, -0.15) is 0 Å². The molecule has 5 rings (SSSR count). The van der Waals surface area contributed by atoms with E-state index in [4.69, 9.17) is 0 Å². The Bertz CT molecular complexity index is 1310. The number of amides is 2. The highest BCUT2D eigenvalue weighted by Crippen LogP contribution is 2.41. The Hall–Kier alpha value is -2.97. The number of carbonyl (C=O) groups excluding carboxylic acids is 2. The smallest absolute Gasteiger partial charge is 0.256 e. The Morgan fingerprint density at radius 3 is 2.38 bits per heavy atom. The summed E-state index contributed by atoms with van der Waals surface area (Å²) in [6, 6.07) is 11.1. The molecule has 2 aromatic rings. The van der Waals surface area contributed by atoms with Crippen LogP contribution in [0.3, 0.4) is 0 Å². The van der Waals surface area contributed by atoms with Crippen LogP contribution in [0.2, 0.25) is 0 Å². The first-order valence-electron chi connectivity index (χ1n) is 15.9. The largest absolute Gasteiger partial charge is 0.387 e. The minimum absolute atomic E-state index is 0.0261. The quantitative estimate of drug-likeness (QED) is 0.516. The summed E-state index contributed by atoms with van der Waals surface area (Å²) in [7, 11) is 0. The number of nitrogens with zero attached hydrogens (tertiary/aromatic N) is 3. The number of pyridine rings is 1. The molecule has 1 aromatic carbocycles. The van der Waals surface area contributed by atoms with Gasteiger partial charge in [-0.3, -0.25) is 14.4 Å². The third-order valence-corrected chi connectivity index (χ3v) is 10.1. The number of piperazine rings is 1. The van der Waals surface area contributed by atoms with Crippen molar-refractivity contribution in [3.05, 3.63) is 58.5 Å². The fourth-order valence-corrected chi connectivity index (χ4v) is 7.22. The molecule has 3 heterocycles. The molecule has 2 N–H and O–H groups in total. The second kappa shape index (κ2) is 12.7. The first-order chi connectivity index (χ1) is 20.1. The van der Waals surface area contributed by atoms with Crippen molar-refractivity contribution in [3.63, 3.8) is 0 Å². The highest BCUT2D eigenvalue weighted by atomic mass is 16.3. The average molecular weight is 577 g/mol. The normalized spacial score (nSPS) is 23.9. The molecule has 1 aromatic heterocycles. The summed E-state index contributed by atoms with van der Waals surface area (Å²) in [6.07, 6.45) is 9.24. The molecule has 0 spiro atoms. The van der Waals surface area contributed by atoms with Gasteiger partial charge in [-0.05, 0) is 24.3 Å². The van der Waals surface area contributed by atoms with Crippen LogP contribution >= 0.6 is 0 Å². The third-order valence-electron chi connectivity index (χ3n) is 10.1. The van der Waals surface area contributed by atoms with Crippen LogP contribution in [0.15, 0.2) is 47.4 Å². The lowest BCUT2D eigenvalue weighted by molar-refractivity contribution is -0.157. The number of rotatable bonds is 7. The zero-order chi connectivity index (χ0) is 29.9. The van der Waals surface area contributed by atoms with E-state index in [0.29, 0.717) is 49.6 Å². The van der Waals surface area contributed by atoms with E-state index >= 15 is 0 Å². The summed E-state index contributed by atoms with van der Waals surface area (Å²) in [5, 5.41) is 15.3.